The van der Waals surface area contributed by atoms with Gasteiger partial charge in [-0.1, -0.05) is 23.7 Å². The zero-order valence-electron chi connectivity index (χ0n) is 17.6. The highest BCUT2D eigenvalue weighted by atomic mass is 35.5. The van der Waals surface area contributed by atoms with E-state index in [9.17, 15) is 14.8 Å². The zero-order chi connectivity index (χ0) is 23.1. The van der Waals surface area contributed by atoms with Gasteiger partial charge in [-0.15, -0.1) is 0 Å². The third-order valence-corrected chi connectivity index (χ3v) is 6.31. The fraction of sp³-hybridized carbons (Fsp3) is 0.208. The highest BCUT2D eigenvalue weighted by Gasteiger charge is 2.24. The minimum Gasteiger partial charge on any atom is -0.506 e. The lowest BCUT2D eigenvalue weighted by atomic mass is 9.93. The molecule has 4 aromatic rings. The van der Waals surface area contributed by atoms with Crippen LogP contribution in [0.2, 0.25) is 5.02 Å². The molecule has 0 radical (unpaired) electrons. The maximum atomic E-state index is 14.8. The molecule has 4 N–H and O–H groups in total. The lowest BCUT2D eigenvalue weighted by molar-refractivity contribution is 0.469. The predicted molar refractivity (Wildman–Crippen MR) is 127 cm³/mol. The second-order valence-electron chi connectivity index (χ2n) is 8.04. The van der Waals surface area contributed by atoms with Gasteiger partial charge in [0.15, 0.2) is 5.65 Å². The molecule has 166 valence electrons. The third kappa shape index (κ3) is 3.60. The molecule has 0 atom stereocenters. The summed E-state index contributed by atoms with van der Waals surface area (Å²) in [6.45, 7) is 2.03. The Hall–Kier alpha value is -3.83. The molecule has 7 nitrogen and oxygen atoms in total. The summed E-state index contributed by atoms with van der Waals surface area (Å²) in [6, 6.07) is 12.2. The lowest BCUT2D eigenvalue weighted by Crippen LogP contribution is -2.29. The quantitative estimate of drug-likeness (QED) is 0.384. The van der Waals surface area contributed by atoms with Crippen LogP contribution in [0.5, 0.6) is 5.75 Å². The molecule has 0 aliphatic carbocycles. The summed E-state index contributed by atoms with van der Waals surface area (Å²) in [4.78, 5) is 6.75. The molecule has 0 amide bonds. The van der Waals surface area contributed by atoms with Crippen LogP contribution in [0.3, 0.4) is 0 Å². The van der Waals surface area contributed by atoms with Crippen molar-refractivity contribution >= 4 is 34.1 Å². The minimum atomic E-state index is -0.754. The number of nitrogens with zero attached hydrogens (tertiary/aromatic N) is 4. The van der Waals surface area contributed by atoms with Crippen LogP contribution >= 0.6 is 11.6 Å². The molecule has 0 spiro atoms. The van der Waals surface area contributed by atoms with E-state index in [0.717, 1.165) is 30.4 Å². The van der Waals surface area contributed by atoms with Crippen molar-refractivity contribution in [2.45, 2.75) is 19.3 Å². The molecule has 5 rings (SSSR count). The number of benzene rings is 2. The Bertz CT molecular complexity index is 1400. The van der Waals surface area contributed by atoms with E-state index in [1.165, 1.54) is 25.3 Å². The van der Waals surface area contributed by atoms with Crippen molar-refractivity contribution in [1.29, 1.82) is 5.26 Å². The van der Waals surface area contributed by atoms with E-state index in [1.54, 1.807) is 0 Å². The molecule has 1 aliphatic heterocycles. The number of fused-ring (bicyclic) bond motifs is 1. The van der Waals surface area contributed by atoms with Crippen molar-refractivity contribution < 1.29 is 9.50 Å². The number of aromatic hydroxyl groups is 1. The Kier molecular flexibility index (Phi) is 5.27. The minimum absolute atomic E-state index is 0.0102. The largest absolute Gasteiger partial charge is 0.506 e. The fourth-order valence-electron chi connectivity index (χ4n) is 4.38. The summed E-state index contributed by atoms with van der Waals surface area (Å²) in [5.74, 6) is -0.884. The van der Waals surface area contributed by atoms with E-state index < -0.39 is 11.6 Å². The standard InChI is InChI=1S/C24H20ClFN6O/c25-17-10-15(18(26)11-19(17)33)22-16(12-27)20(21-23(28)30-31-24(21)29-22)13-4-6-14(7-5-13)32-8-2-1-3-9-32/h4-7,10-11,33H,1-3,8-9H2,(H3,28,29,30,31). The number of phenols is 1. The van der Waals surface area contributed by atoms with Crippen LogP contribution < -0.4 is 10.6 Å². The third-order valence-electron chi connectivity index (χ3n) is 6.01. The Labute approximate surface area is 194 Å². The van der Waals surface area contributed by atoms with Crippen LogP contribution in [0.15, 0.2) is 36.4 Å². The molecule has 2 aromatic heterocycles. The van der Waals surface area contributed by atoms with Gasteiger partial charge in [0.25, 0.3) is 0 Å². The Balaban J connectivity index is 1.73. The average Bonchev–Trinajstić information content (AvgIpc) is 3.21. The van der Waals surface area contributed by atoms with Gasteiger partial charge >= 0.3 is 0 Å². The molecule has 9 heteroatoms. The number of nitrogens with one attached hydrogen (secondary N) is 1. The molecule has 1 fully saturated rings. The average molecular weight is 463 g/mol. The molecule has 0 bridgehead atoms. The second kappa shape index (κ2) is 8.26. The number of nitriles is 1. The number of piperidine rings is 1. The molecule has 0 unspecified atom stereocenters. The van der Waals surface area contributed by atoms with Crippen LogP contribution in [0.25, 0.3) is 33.4 Å². The first kappa shape index (κ1) is 21.0. The molecule has 2 aromatic carbocycles. The zero-order valence-corrected chi connectivity index (χ0v) is 18.3. The van der Waals surface area contributed by atoms with Gasteiger partial charge in [0.1, 0.15) is 23.5 Å². The summed E-state index contributed by atoms with van der Waals surface area (Å²) in [5, 5.41) is 27.1. The maximum absolute atomic E-state index is 14.8. The van der Waals surface area contributed by atoms with Crippen LogP contribution in [0.1, 0.15) is 24.8 Å². The van der Waals surface area contributed by atoms with Crippen molar-refractivity contribution in [1.82, 2.24) is 15.2 Å². The van der Waals surface area contributed by atoms with Gasteiger partial charge in [-0.05, 0) is 43.0 Å². The second-order valence-corrected chi connectivity index (χ2v) is 8.44. The van der Waals surface area contributed by atoms with Crippen LogP contribution in [0.4, 0.5) is 15.9 Å². The molecule has 33 heavy (non-hydrogen) atoms. The number of anilines is 2. The number of hydrogen-bond donors (Lipinski definition) is 3. The topological polar surface area (TPSA) is 115 Å². The molecule has 1 aliphatic rings. The molecule has 3 heterocycles. The first-order valence-corrected chi connectivity index (χ1v) is 11.0. The van der Waals surface area contributed by atoms with Gasteiger partial charge in [-0.25, -0.2) is 9.37 Å². The maximum Gasteiger partial charge on any atom is 0.184 e. The monoisotopic (exact) mass is 462 g/mol. The summed E-state index contributed by atoms with van der Waals surface area (Å²) in [5.41, 5.74) is 8.96. The predicted octanol–water partition coefficient (Wildman–Crippen LogP) is 5.23. The number of pyridine rings is 1. The van der Waals surface area contributed by atoms with E-state index >= 15 is 0 Å². The van der Waals surface area contributed by atoms with Gasteiger partial charge in [-0.3, -0.25) is 5.10 Å². The van der Waals surface area contributed by atoms with Crippen molar-refractivity contribution in [3.05, 3.63) is 52.8 Å². The Morgan fingerprint density at radius 2 is 1.88 bits per heavy atom. The van der Waals surface area contributed by atoms with Gasteiger partial charge in [0.05, 0.1) is 21.7 Å². The number of halogens is 2. The first-order valence-electron chi connectivity index (χ1n) is 10.6. The van der Waals surface area contributed by atoms with Gasteiger partial charge < -0.3 is 15.7 Å². The number of nitrogens with two attached hydrogens (primary N) is 1. The lowest BCUT2D eigenvalue weighted by Gasteiger charge is -2.29. The van der Waals surface area contributed by atoms with Gasteiger partial charge in [0.2, 0.25) is 0 Å². The molecule has 0 saturated carbocycles. The number of aromatic amines is 1. The molecular formula is C24H20ClFN6O. The number of rotatable bonds is 3. The van der Waals surface area contributed by atoms with E-state index in [-0.39, 0.29) is 33.3 Å². The van der Waals surface area contributed by atoms with Crippen LogP contribution in [-0.4, -0.2) is 33.4 Å². The van der Waals surface area contributed by atoms with Crippen molar-refractivity contribution in [3.8, 4) is 34.2 Å². The molecular weight excluding hydrogens is 443 g/mol. The first-order chi connectivity index (χ1) is 16.0. The van der Waals surface area contributed by atoms with Gasteiger partial charge in [0, 0.05) is 36.0 Å². The highest BCUT2D eigenvalue weighted by Crippen LogP contribution is 2.41. The van der Waals surface area contributed by atoms with Crippen LogP contribution in [-0.2, 0) is 0 Å². The van der Waals surface area contributed by atoms with E-state index in [1.807, 2.05) is 24.3 Å². The fourth-order valence-corrected chi connectivity index (χ4v) is 4.54. The summed E-state index contributed by atoms with van der Waals surface area (Å²) < 4.78 is 14.8. The number of H-pyrrole nitrogens is 1. The van der Waals surface area contributed by atoms with E-state index in [2.05, 4.69) is 26.2 Å². The van der Waals surface area contributed by atoms with Crippen molar-refractivity contribution in [2.75, 3.05) is 23.7 Å². The summed E-state index contributed by atoms with van der Waals surface area (Å²) >= 11 is 6.03. The molecule has 1 saturated heterocycles. The smallest absolute Gasteiger partial charge is 0.184 e. The van der Waals surface area contributed by atoms with E-state index in [0.29, 0.717) is 10.9 Å². The number of aromatic nitrogens is 3. The van der Waals surface area contributed by atoms with Crippen molar-refractivity contribution in [2.24, 2.45) is 0 Å². The SMILES string of the molecule is N#Cc1c(-c2cc(Cl)c(O)cc2F)nc2n[nH]c(N)c2c1-c1ccc(N2CCCCC2)cc1. The Morgan fingerprint density at radius 1 is 1.15 bits per heavy atom. The van der Waals surface area contributed by atoms with Gasteiger partial charge in [-0.2, -0.15) is 10.4 Å². The highest BCUT2D eigenvalue weighted by molar-refractivity contribution is 6.32. The van der Waals surface area contributed by atoms with Crippen molar-refractivity contribution in [3.63, 3.8) is 0 Å². The number of nitrogen functional groups attached to an aromatic ring is 1. The Morgan fingerprint density at radius 3 is 2.58 bits per heavy atom. The summed E-state index contributed by atoms with van der Waals surface area (Å²) in [6.07, 6.45) is 3.58. The normalized spacial score (nSPS) is 13.9. The number of hydrogen-bond acceptors (Lipinski definition) is 6. The summed E-state index contributed by atoms with van der Waals surface area (Å²) in [7, 11) is 0. The van der Waals surface area contributed by atoms with E-state index in [4.69, 9.17) is 17.3 Å². The number of phenolic OH excluding ortho intramolecular Hbond substituents is 1. The van der Waals surface area contributed by atoms with Crippen LogP contribution in [0, 0.1) is 17.1 Å².